The standard InChI is InChI=1S/C17H14FN3O2/c18-12-7-5-11(6-8-12)9-16(22)19-10-15-13-3-1-2-4-14(13)17(23)21-20-15/h1-8H,9-10H2,(H,19,22)(H,21,23). The summed E-state index contributed by atoms with van der Waals surface area (Å²) in [5, 5.41) is 10.4. The monoisotopic (exact) mass is 311 g/mol. The highest BCUT2D eigenvalue weighted by Crippen LogP contribution is 2.12. The van der Waals surface area contributed by atoms with Crippen LogP contribution in [0.15, 0.2) is 53.3 Å². The van der Waals surface area contributed by atoms with Crippen LogP contribution in [-0.2, 0) is 17.8 Å². The zero-order valence-electron chi connectivity index (χ0n) is 12.2. The number of carbonyl (C=O) groups excluding carboxylic acids is 1. The molecule has 116 valence electrons. The van der Waals surface area contributed by atoms with Crippen LogP contribution in [0.4, 0.5) is 4.39 Å². The van der Waals surface area contributed by atoms with Gasteiger partial charge in [-0.15, -0.1) is 0 Å². The van der Waals surface area contributed by atoms with Crippen LogP contribution in [0.1, 0.15) is 11.3 Å². The maximum Gasteiger partial charge on any atom is 0.272 e. The summed E-state index contributed by atoms with van der Waals surface area (Å²) in [5.74, 6) is -0.535. The molecule has 2 aromatic carbocycles. The van der Waals surface area contributed by atoms with Crippen molar-refractivity contribution < 1.29 is 9.18 Å². The van der Waals surface area contributed by atoms with Crippen molar-refractivity contribution >= 4 is 16.7 Å². The molecular weight excluding hydrogens is 297 g/mol. The van der Waals surface area contributed by atoms with Gasteiger partial charge >= 0.3 is 0 Å². The highest BCUT2D eigenvalue weighted by atomic mass is 19.1. The first-order chi connectivity index (χ1) is 11.1. The van der Waals surface area contributed by atoms with E-state index in [0.717, 1.165) is 5.56 Å². The maximum atomic E-state index is 12.8. The molecule has 0 atom stereocenters. The molecule has 6 heteroatoms. The molecule has 1 amide bonds. The Labute approximate surface area is 131 Å². The van der Waals surface area contributed by atoms with Crippen LogP contribution < -0.4 is 10.9 Å². The minimum absolute atomic E-state index is 0.154. The van der Waals surface area contributed by atoms with E-state index in [9.17, 15) is 14.0 Å². The van der Waals surface area contributed by atoms with Gasteiger partial charge in [0.15, 0.2) is 0 Å². The number of aromatic nitrogens is 2. The van der Waals surface area contributed by atoms with Gasteiger partial charge in [-0.2, -0.15) is 5.10 Å². The van der Waals surface area contributed by atoms with Crippen LogP contribution in [0.5, 0.6) is 0 Å². The lowest BCUT2D eigenvalue weighted by molar-refractivity contribution is -0.120. The SMILES string of the molecule is O=C(Cc1ccc(F)cc1)NCc1n[nH]c(=O)c2ccccc12. The normalized spacial score (nSPS) is 10.7. The number of carbonyl (C=O) groups is 1. The molecular formula is C17H14FN3O2. The van der Waals surface area contributed by atoms with Crippen molar-refractivity contribution in [3.8, 4) is 0 Å². The van der Waals surface area contributed by atoms with E-state index in [1.165, 1.54) is 12.1 Å². The van der Waals surface area contributed by atoms with Gasteiger partial charge in [0, 0.05) is 5.39 Å². The lowest BCUT2D eigenvalue weighted by atomic mass is 10.1. The van der Waals surface area contributed by atoms with Gasteiger partial charge in [0.2, 0.25) is 5.91 Å². The molecule has 0 radical (unpaired) electrons. The van der Waals surface area contributed by atoms with E-state index in [1.54, 1.807) is 30.3 Å². The van der Waals surface area contributed by atoms with Gasteiger partial charge in [0.1, 0.15) is 5.82 Å². The Balaban J connectivity index is 1.71. The molecule has 5 nitrogen and oxygen atoms in total. The molecule has 0 saturated heterocycles. The fourth-order valence-corrected chi connectivity index (χ4v) is 2.34. The summed E-state index contributed by atoms with van der Waals surface area (Å²) in [5.41, 5.74) is 1.05. The number of nitrogens with one attached hydrogen (secondary N) is 2. The third-order valence-corrected chi connectivity index (χ3v) is 3.51. The largest absolute Gasteiger partial charge is 0.350 e. The van der Waals surface area contributed by atoms with Gasteiger partial charge in [-0.25, -0.2) is 9.49 Å². The molecule has 0 fully saturated rings. The van der Waals surface area contributed by atoms with E-state index in [1.807, 2.05) is 6.07 Å². The Bertz CT molecular complexity index is 904. The predicted molar refractivity (Wildman–Crippen MR) is 84.3 cm³/mol. The molecule has 2 N–H and O–H groups in total. The Kier molecular flexibility index (Phi) is 4.14. The molecule has 0 unspecified atom stereocenters. The second kappa shape index (κ2) is 6.39. The van der Waals surface area contributed by atoms with Crippen LogP contribution in [-0.4, -0.2) is 16.1 Å². The third-order valence-electron chi connectivity index (χ3n) is 3.51. The van der Waals surface area contributed by atoms with Gasteiger partial charge in [0.25, 0.3) is 5.56 Å². The van der Waals surface area contributed by atoms with Crippen molar-refractivity contribution in [2.75, 3.05) is 0 Å². The Hall–Kier alpha value is -3.02. The molecule has 0 aliphatic carbocycles. The molecule has 3 rings (SSSR count). The smallest absolute Gasteiger partial charge is 0.272 e. The van der Waals surface area contributed by atoms with E-state index in [-0.39, 0.29) is 30.2 Å². The summed E-state index contributed by atoms with van der Waals surface area (Å²) < 4.78 is 12.8. The zero-order valence-corrected chi connectivity index (χ0v) is 12.2. The van der Waals surface area contributed by atoms with Crippen molar-refractivity contribution in [2.24, 2.45) is 0 Å². The Morgan fingerprint density at radius 2 is 1.78 bits per heavy atom. The third kappa shape index (κ3) is 3.42. The Morgan fingerprint density at radius 3 is 2.52 bits per heavy atom. The highest BCUT2D eigenvalue weighted by Gasteiger charge is 2.08. The average Bonchev–Trinajstić information content (AvgIpc) is 2.57. The maximum absolute atomic E-state index is 12.8. The van der Waals surface area contributed by atoms with Crippen molar-refractivity contribution in [2.45, 2.75) is 13.0 Å². The number of aromatic amines is 1. The number of rotatable bonds is 4. The van der Waals surface area contributed by atoms with Crippen molar-refractivity contribution in [3.05, 3.63) is 76.0 Å². The van der Waals surface area contributed by atoms with Crippen LogP contribution in [0, 0.1) is 5.82 Å². The minimum Gasteiger partial charge on any atom is -0.350 e. The number of amides is 1. The first-order valence-corrected chi connectivity index (χ1v) is 7.11. The van der Waals surface area contributed by atoms with E-state index in [4.69, 9.17) is 0 Å². The zero-order chi connectivity index (χ0) is 16.2. The van der Waals surface area contributed by atoms with Crippen LogP contribution >= 0.6 is 0 Å². The predicted octanol–water partition coefficient (Wildman–Crippen LogP) is 1.92. The average molecular weight is 311 g/mol. The summed E-state index contributed by atoms with van der Waals surface area (Å²) >= 11 is 0. The molecule has 0 saturated carbocycles. The summed E-state index contributed by atoms with van der Waals surface area (Å²) in [6, 6.07) is 12.9. The van der Waals surface area contributed by atoms with Crippen LogP contribution in [0.25, 0.3) is 10.8 Å². The lowest BCUT2D eigenvalue weighted by Crippen LogP contribution is -2.26. The Morgan fingerprint density at radius 1 is 1.09 bits per heavy atom. The topological polar surface area (TPSA) is 74.8 Å². The van der Waals surface area contributed by atoms with Crippen molar-refractivity contribution in [1.82, 2.24) is 15.5 Å². The summed E-state index contributed by atoms with van der Waals surface area (Å²) in [6.45, 7) is 0.206. The summed E-state index contributed by atoms with van der Waals surface area (Å²) in [4.78, 5) is 23.7. The van der Waals surface area contributed by atoms with E-state index >= 15 is 0 Å². The minimum atomic E-state index is -0.335. The fourth-order valence-electron chi connectivity index (χ4n) is 2.34. The molecule has 23 heavy (non-hydrogen) atoms. The summed E-state index contributed by atoms with van der Waals surface area (Å²) in [6.07, 6.45) is 0.154. The van der Waals surface area contributed by atoms with E-state index in [0.29, 0.717) is 16.5 Å². The highest BCUT2D eigenvalue weighted by molar-refractivity contribution is 5.84. The quantitative estimate of drug-likeness (QED) is 0.773. The van der Waals surface area contributed by atoms with E-state index in [2.05, 4.69) is 15.5 Å². The fraction of sp³-hybridized carbons (Fsp3) is 0.118. The second-order valence-electron chi connectivity index (χ2n) is 5.12. The van der Waals surface area contributed by atoms with Crippen molar-refractivity contribution in [3.63, 3.8) is 0 Å². The molecule has 3 aromatic rings. The number of fused-ring (bicyclic) bond motifs is 1. The number of halogens is 1. The molecule has 0 aliphatic rings. The molecule has 1 aromatic heterocycles. The first kappa shape index (κ1) is 14.9. The van der Waals surface area contributed by atoms with Gasteiger partial charge < -0.3 is 5.32 Å². The number of hydrogen-bond donors (Lipinski definition) is 2. The summed E-state index contributed by atoms with van der Waals surface area (Å²) in [7, 11) is 0. The van der Waals surface area contributed by atoms with Crippen LogP contribution in [0.2, 0.25) is 0 Å². The van der Waals surface area contributed by atoms with Crippen molar-refractivity contribution in [1.29, 1.82) is 0 Å². The molecule has 0 spiro atoms. The first-order valence-electron chi connectivity index (χ1n) is 7.11. The number of benzene rings is 2. The molecule has 0 aliphatic heterocycles. The molecule has 0 bridgehead atoms. The molecule has 1 heterocycles. The van der Waals surface area contributed by atoms with Gasteiger partial charge in [0.05, 0.1) is 24.0 Å². The van der Waals surface area contributed by atoms with Gasteiger partial charge in [-0.1, -0.05) is 30.3 Å². The van der Waals surface area contributed by atoms with E-state index < -0.39 is 0 Å². The van der Waals surface area contributed by atoms with Crippen LogP contribution in [0.3, 0.4) is 0 Å². The number of hydrogen-bond acceptors (Lipinski definition) is 3. The number of H-pyrrole nitrogens is 1. The lowest BCUT2D eigenvalue weighted by Gasteiger charge is -2.07. The van der Waals surface area contributed by atoms with Gasteiger partial charge in [-0.05, 0) is 23.8 Å². The van der Waals surface area contributed by atoms with Gasteiger partial charge in [-0.3, -0.25) is 9.59 Å². The number of nitrogens with zero attached hydrogens (tertiary/aromatic N) is 1. The second-order valence-corrected chi connectivity index (χ2v) is 5.12.